The maximum Gasteiger partial charge on any atom is 0.162 e. The van der Waals surface area contributed by atoms with E-state index in [2.05, 4.69) is 0 Å². The maximum atomic E-state index is 10.1. The van der Waals surface area contributed by atoms with E-state index in [-0.39, 0.29) is 0 Å². The van der Waals surface area contributed by atoms with Crippen molar-refractivity contribution in [3.8, 4) is 11.5 Å². The van der Waals surface area contributed by atoms with Crippen LogP contribution >= 0.6 is 0 Å². The molecule has 4 nitrogen and oxygen atoms in total. The SMILES string of the molecule is CCN(c1ccc(OC)c(OC)c1)C(C)(C)O. The highest BCUT2D eigenvalue weighted by Gasteiger charge is 2.23. The highest BCUT2D eigenvalue weighted by Crippen LogP contribution is 2.33. The first-order chi connectivity index (χ1) is 7.93. The molecule has 0 radical (unpaired) electrons. The van der Waals surface area contributed by atoms with Crippen LogP contribution in [-0.4, -0.2) is 31.6 Å². The Morgan fingerprint density at radius 2 is 1.76 bits per heavy atom. The van der Waals surface area contributed by atoms with Crippen LogP contribution in [0.4, 0.5) is 5.69 Å². The number of anilines is 1. The third kappa shape index (κ3) is 3.03. The van der Waals surface area contributed by atoms with Crippen molar-refractivity contribution in [2.45, 2.75) is 26.5 Å². The summed E-state index contributed by atoms with van der Waals surface area (Å²) in [4.78, 5) is 1.88. The molecule has 0 aromatic heterocycles. The van der Waals surface area contributed by atoms with Crippen LogP contribution in [0.3, 0.4) is 0 Å². The first-order valence-electron chi connectivity index (χ1n) is 5.66. The van der Waals surface area contributed by atoms with Crippen LogP contribution in [0.2, 0.25) is 0 Å². The van der Waals surface area contributed by atoms with Gasteiger partial charge in [-0.05, 0) is 32.9 Å². The summed E-state index contributed by atoms with van der Waals surface area (Å²) in [5.41, 5.74) is -0.00778. The highest BCUT2D eigenvalue weighted by atomic mass is 16.5. The lowest BCUT2D eigenvalue weighted by atomic mass is 10.2. The molecular formula is C13H21NO3. The molecule has 4 heteroatoms. The Bertz CT molecular complexity index is 371. The minimum absolute atomic E-state index is 0.660. The normalized spacial score (nSPS) is 11.2. The Hall–Kier alpha value is -1.42. The fraction of sp³-hybridized carbons (Fsp3) is 0.538. The molecular weight excluding hydrogens is 218 g/mol. The Morgan fingerprint density at radius 3 is 2.18 bits per heavy atom. The molecule has 1 aromatic carbocycles. The summed E-state index contributed by atoms with van der Waals surface area (Å²) in [6.07, 6.45) is 0. The number of aliphatic hydroxyl groups is 1. The molecule has 0 aliphatic heterocycles. The van der Waals surface area contributed by atoms with E-state index in [1.165, 1.54) is 0 Å². The van der Waals surface area contributed by atoms with E-state index in [0.29, 0.717) is 18.0 Å². The van der Waals surface area contributed by atoms with Gasteiger partial charge in [-0.15, -0.1) is 0 Å². The standard InChI is InChI=1S/C13H21NO3/c1-6-14(13(2,3)15)10-7-8-11(16-4)12(9-10)17-5/h7-9,15H,6H2,1-5H3. The van der Waals surface area contributed by atoms with Crippen molar-refractivity contribution in [1.29, 1.82) is 0 Å². The van der Waals surface area contributed by atoms with Gasteiger partial charge in [0.25, 0.3) is 0 Å². The molecule has 0 unspecified atom stereocenters. The van der Waals surface area contributed by atoms with E-state index in [9.17, 15) is 5.11 Å². The third-order valence-corrected chi connectivity index (χ3v) is 2.66. The highest BCUT2D eigenvalue weighted by molar-refractivity contribution is 5.57. The molecule has 0 bridgehead atoms. The van der Waals surface area contributed by atoms with Gasteiger partial charge < -0.3 is 19.5 Å². The zero-order valence-electron chi connectivity index (χ0n) is 11.2. The predicted octanol–water partition coefficient (Wildman–Crippen LogP) is 2.26. The van der Waals surface area contributed by atoms with Gasteiger partial charge in [0.2, 0.25) is 0 Å². The Balaban J connectivity index is 3.14. The Morgan fingerprint density at radius 1 is 1.18 bits per heavy atom. The van der Waals surface area contributed by atoms with Crippen molar-refractivity contribution in [2.75, 3.05) is 25.7 Å². The number of hydrogen-bond acceptors (Lipinski definition) is 4. The number of benzene rings is 1. The van der Waals surface area contributed by atoms with Crippen molar-refractivity contribution < 1.29 is 14.6 Å². The number of ether oxygens (including phenoxy) is 2. The number of methoxy groups -OCH3 is 2. The van der Waals surface area contributed by atoms with E-state index in [4.69, 9.17) is 9.47 Å². The third-order valence-electron chi connectivity index (χ3n) is 2.66. The minimum atomic E-state index is -0.908. The van der Waals surface area contributed by atoms with Gasteiger partial charge in [-0.1, -0.05) is 0 Å². The van der Waals surface area contributed by atoms with E-state index in [1.54, 1.807) is 28.1 Å². The summed E-state index contributed by atoms with van der Waals surface area (Å²) in [6.45, 7) is 6.22. The summed E-state index contributed by atoms with van der Waals surface area (Å²) in [5, 5.41) is 10.1. The van der Waals surface area contributed by atoms with E-state index >= 15 is 0 Å². The second kappa shape index (κ2) is 5.27. The molecule has 1 N–H and O–H groups in total. The summed E-state index contributed by atoms with van der Waals surface area (Å²) < 4.78 is 10.4. The fourth-order valence-electron chi connectivity index (χ4n) is 1.88. The molecule has 0 aliphatic rings. The van der Waals surface area contributed by atoms with E-state index in [0.717, 1.165) is 5.69 Å². The molecule has 17 heavy (non-hydrogen) atoms. The zero-order valence-corrected chi connectivity index (χ0v) is 11.2. The monoisotopic (exact) mass is 239 g/mol. The van der Waals surface area contributed by atoms with Crippen LogP contribution in [0.5, 0.6) is 11.5 Å². The smallest absolute Gasteiger partial charge is 0.162 e. The number of rotatable bonds is 5. The average Bonchev–Trinajstić information content (AvgIpc) is 2.27. The molecule has 1 aromatic rings. The van der Waals surface area contributed by atoms with Gasteiger partial charge in [-0.3, -0.25) is 0 Å². The molecule has 0 atom stereocenters. The predicted molar refractivity (Wildman–Crippen MR) is 68.9 cm³/mol. The lowest BCUT2D eigenvalue weighted by molar-refractivity contribution is 0.0768. The lowest BCUT2D eigenvalue weighted by Crippen LogP contribution is -2.43. The van der Waals surface area contributed by atoms with Crippen LogP contribution in [0.25, 0.3) is 0 Å². The molecule has 0 spiro atoms. The van der Waals surface area contributed by atoms with Crippen molar-refractivity contribution in [1.82, 2.24) is 0 Å². The van der Waals surface area contributed by atoms with Crippen LogP contribution in [-0.2, 0) is 0 Å². The molecule has 0 fully saturated rings. The van der Waals surface area contributed by atoms with Crippen LogP contribution in [0.1, 0.15) is 20.8 Å². The van der Waals surface area contributed by atoms with E-state index < -0.39 is 5.72 Å². The molecule has 0 saturated heterocycles. The summed E-state index contributed by atoms with van der Waals surface area (Å²) in [7, 11) is 3.20. The van der Waals surface area contributed by atoms with Crippen molar-refractivity contribution in [3.63, 3.8) is 0 Å². The first-order valence-corrected chi connectivity index (χ1v) is 5.66. The van der Waals surface area contributed by atoms with Gasteiger partial charge in [-0.2, -0.15) is 0 Å². The fourth-order valence-corrected chi connectivity index (χ4v) is 1.88. The molecule has 1 rings (SSSR count). The molecule has 0 heterocycles. The number of nitrogens with zero attached hydrogens (tertiary/aromatic N) is 1. The lowest BCUT2D eigenvalue weighted by Gasteiger charge is -2.35. The topological polar surface area (TPSA) is 41.9 Å². The van der Waals surface area contributed by atoms with Crippen LogP contribution in [0, 0.1) is 0 Å². The first kappa shape index (κ1) is 13.6. The molecule has 0 aliphatic carbocycles. The zero-order chi connectivity index (χ0) is 13.1. The Kier molecular flexibility index (Phi) is 4.23. The quantitative estimate of drug-likeness (QED) is 0.800. The van der Waals surface area contributed by atoms with Gasteiger partial charge in [0.05, 0.1) is 14.2 Å². The van der Waals surface area contributed by atoms with Gasteiger partial charge in [-0.25, -0.2) is 0 Å². The van der Waals surface area contributed by atoms with Gasteiger partial charge in [0.15, 0.2) is 11.5 Å². The second-order valence-electron chi connectivity index (χ2n) is 4.28. The number of hydrogen-bond donors (Lipinski definition) is 1. The molecule has 0 amide bonds. The van der Waals surface area contributed by atoms with E-state index in [1.807, 2.05) is 30.0 Å². The summed E-state index contributed by atoms with van der Waals surface area (Å²) in [5.74, 6) is 1.34. The minimum Gasteiger partial charge on any atom is -0.493 e. The van der Waals surface area contributed by atoms with Crippen molar-refractivity contribution >= 4 is 5.69 Å². The summed E-state index contributed by atoms with van der Waals surface area (Å²) in [6, 6.07) is 5.60. The average molecular weight is 239 g/mol. The van der Waals surface area contributed by atoms with Crippen LogP contribution in [0.15, 0.2) is 18.2 Å². The molecule has 0 saturated carbocycles. The van der Waals surface area contributed by atoms with Crippen molar-refractivity contribution in [2.24, 2.45) is 0 Å². The van der Waals surface area contributed by atoms with Gasteiger partial charge >= 0.3 is 0 Å². The van der Waals surface area contributed by atoms with Gasteiger partial charge in [0, 0.05) is 18.3 Å². The molecule has 96 valence electrons. The van der Waals surface area contributed by atoms with Crippen molar-refractivity contribution in [3.05, 3.63) is 18.2 Å². The second-order valence-corrected chi connectivity index (χ2v) is 4.28. The largest absolute Gasteiger partial charge is 0.493 e. The van der Waals surface area contributed by atoms with Gasteiger partial charge in [0.1, 0.15) is 5.72 Å². The maximum absolute atomic E-state index is 10.1. The Labute approximate surface area is 103 Å². The summed E-state index contributed by atoms with van der Waals surface area (Å²) >= 11 is 0. The van der Waals surface area contributed by atoms with Crippen LogP contribution < -0.4 is 14.4 Å².